The Hall–Kier alpha value is -0.990. The van der Waals surface area contributed by atoms with Crippen LogP contribution in [0, 0.1) is 0 Å². The third kappa shape index (κ3) is 5.15. The molecule has 0 fully saturated rings. The topological polar surface area (TPSA) is 35.5 Å². The van der Waals surface area contributed by atoms with Gasteiger partial charge in [-0.3, -0.25) is 0 Å². The summed E-state index contributed by atoms with van der Waals surface area (Å²) in [5, 5.41) is 0. The number of carbonyl (C=O) groups is 1. The molecule has 0 rings (SSSR count). The van der Waals surface area contributed by atoms with E-state index < -0.39 is 0 Å². The lowest BCUT2D eigenvalue weighted by atomic mass is 10.5. The molecule has 0 saturated heterocycles. The lowest BCUT2D eigenvalue weighted by Gasteiger charge is -2.03. The van der Waals surface area contributed by atoms with E-state index in [0.29, 0.717) is 0 Å². The minimum absolute atomic E-state index is 0.0750. The highest BCUT2D eigenvalue weighted by molar-refractivity contribution is 5.81. The van der Waals surface area contributed by atoms with Gasteiger partial charge in [-0.1, -0.05) is 0 Å². The molecule has 0 aromatic heterocycles. The first-order valence-electron chi connectivity index (χ1n) is 3.06. The number of methoxy groups -OCH3 is 1. The van der Waals surface area contributed by atoms with Crippen LogP contribution in [0.5, 0.6) is 0 Å². The standard InChI is InChI=1S/C7H12O3/c1-6(2)10-7(8)4-5-9-3/h4-6H,1-3H3. The van der Waals surface area contributed by atoms with Gasteiger partial charge in [0.1, 0.15) is 0 Å². The van der Waals surface area contributed by atoms with Crippen molar-refractivity contribution in [2.45, 2.75) is 20.0 Å². The number of ether oxygens (including phenoxy) is 2. The van der Waals surface area contributed by atoms with Crippen LogP contribution in [-0.4, -0.2) is 19.2 Å². The molecule has 0 heterocycles. The molecule has 0 aliphatic rings. The number of rotatable bonds is 3. The van der Waals surface area contributed by atoms with E-state index in [1.165, 1.54) is 19.4 Å². The molecule has 0 amide bonds. The Labute approximate surface area is 60.6 Å². The summed E-state index contributed by atoms with van der Waals surface area (Å²) in [5.41, 5.74) is 0. The summed E-state index contributed by atoms with van der Waals surface area (Å²) in [6, 6.07) is 0. The molecule has 0 aromatic rings. The summed E-state index contributed by atoms with van der Waals surface area (Å²) in [6.07, 6.45) is 2.44. The van der Waals surface area contributed by atoms with Crippen molar-refractivity contribution in [2.24, 2.45) is 0 Å². The van der Waals surface area contributed by atoms with Crippen molar-refractivity contribution in [1.82, 2.24) is 0 Å². The van der Waals surface area contributed by atoms with Crippen LogP contribution in [0.1, 0.15) is 13.8 Å². The van der Waals surface area contributed by atoms with Crippen molar-refractivity contribution < 1.29 is 14.3 Å². The van der Waals surface area contributed by atoms with Crippen LogP contribution in [0.3, 0.4) is 0 Å². The van der Waals surface area contributed by atoms with Crippen LogP contribution >= 0.6 is 0 Å². The highest BCUT2D eigenvalue weighted by atomic mass is 16.5. The summed E-state index contributed by atoms with van der Waals surface area (Å²) in [6.45, 7) is 3.58. The Bertz CT molecular complexity index is 127. The molecule has 0 aliphatic carbocycles. The first kappa shape index (κ1) is 9.01. The summed E-state index contributed by atoms with van der Waals surface area (Å²) >= 11 is 0. The zero-order valence-corrected chi connectivity index (χ0v) is 6.46. The van der Waals surface area contributed by atoms with Gasteiger partial charge in [0.05, 0.1) is 25.6 Å². The van der Waals surface area contributed by atoms with Gasteiger partial charge in [0.2, 0.25) is 0 Å². The normalized spacial score (nSPS) is 10.4. The first-order chi connectivity index (χ1) is 4.66. The van der Waals surface area contributed by atoms with Crippen LogP contribution in [0.2, 0.25) is 0 Å². The van der Waals surface area contributed by atoms with E-state index in [1.54, 1.807) is 13.8 Å². The van der Waals surface area contributed by atoms with Gasteiger partial charge < -0.3 is 9.47 Å². The van der Waals surface area contributed by atoms with Crippen molar-refractivity contribution in [3.8, 4) is 0 Å². The maximum absolute atomic E-state index is 10.6. The van der Waals surface area contributed by atoms with Gasteiger partial charge in [-0.15, -0.1) is 0 Å². The zero-order valence-electron chi connectivity index (χ0n) is 6.46. The lowest BCUT2D eigenvalue weighted by Crippen LogP contribution is -2.08. The van der Waals surface area contributed by atoms with E-state index in [9.17, 15) is 4.79 Å². The van der Waals surface area contributed by atoms with E-state index in [1.807, 2.05) is 0 Å². The third-order valence-electron chi connectivity index (χ3n) is 0.692. The van der Waals surface area contributed by atoms with Gasteiger partial charge in [0, 0.05) is 0 Å². The Morgan fingerprint density at radius 3 is 2.50 bits per heavy atom. The lowest BCUT2D eigenvalue weighted by molar-refractivity contribution is -0.141. The molecule has 0 aliphatic heterocycles. The van der Waals surface area contributed by atoms with E-state index in [0.717, 1.165) is 0 Å². The predicted octanol–water partition coefficient (Wildman–Crippen LogP) is 1.10. The second kappa shape index (κ2) is 4.85. The average Bonchev–Trinajstić information content (AvgIpc) is 1.82. The van der Waals surface area contributed by atoms with Crippen LogP contribution in [0.15, 0.2) is 12.3 Å². The number of esters is 1. The molecule has 0 saturated carbocycles. The molecular formula is C7H12O3. The third-order valence-corrected chi connectivity index (χ3v) is 0.692. The molecule has 0 spiro atoms. The van der Waals surface area contributed by atoms with Crippen LogP contribution in [-0.2, 0) is 14.3 Å². The largest absolute Gasteiger partial charge is 0.504 e. The Morgan fingerprint density at radius 1 is 1.50 bits per heavy atom. The maximum atomic E-state index is 10.6. The molecule has 0 N–H and O–H groups in total. The number of hydrogen-bond acceptors (Lipinski definition) is 3. The van der Waals surface area contributed by atoms with Crippen molar-refractivity contribution in [1.29, 1.82) is 0 Å². The first-order valence-corrected chi connectivity index (χ1v) is 3.06. The van der Waals surface area contributed by atoms with Crippen LogP contribution < -0.4 is 0 Å². The average molecular weight is 144 g/mol. The molecule has 3 nitrogen and oxygen atoms in total. The van der Waals surface area contributed by atoms with Crippen molar-refractivity contribution in [2.75, 3.05) is 7.11 Å². The summed E-state index contributed by atoms with van der Waals surface area (Å²) < 4.78 is 9.26. The van der Waals surface area contributed by atoms with E-state index in [2.05, 4.69) is 4.74 Å². The minimum Gasteiger partial charge on any atom is -0.504 e. The summed E-state index contributed by atoms with van der Waals surface area (Å²) in [4.78, 5) is 10.6. The molecule has 0 radical (unpaired) electrons. The Morgan fingerprint density at radius 2 is 2.10 bits per heavy atom. The van der Waals surface area contributed by atoms with Gasteiger partial charge in [-0.25, -0.2) is 4.79 Å². The Balaban J connectivity index is 3.54. The van der Waals surface area contributed by atoms with Gasteiger partial charge >= 0.3 is 5.97 Å². The van der Waals surface area contributed by atoms with Crippen LogP contribution in [0.25, 0.3) is 0 Å². The molecule has 0 bridgehead atoms. The SMILES string of the molecule is COC=CC(=O)OC(C)C. The fourth-order valence-electron chi connectivity index (χ4n) is 0.395. The molecule has 0 unspecified atom stereocenters. The molecule has 3 heteroatoms. The molecule has 0 aromatic carbocycles. The van der Waals surface area contributed by atoms with Gasteiger partial charge in [-0.2, -0.15) is 0 Å². The molecular weight excluding hydrogens is 132 g/mol. The second-order valence-electron chi connectivity index (χ2n) is 2.02. The molecule has 58 valence electrons. The predicted molar refractivity (Wildman–Crippen MR) is 37.4 cm³/mol. The number of hydrogen-bond donors (Lipinski definition) is 0. The highest BCUT2D eigenvalue weighted by Crippen LogP contribution is 1.89. The van der Waals surface area contributed by atoms with E-state index in [4.69, 9.17) is 4.74 Å². The fraction of sp³-hybridized carbons (Fsp3) is 0.571. The second-order valence-corrected chi connectivity index (χ2v) is 2.02. The van der Waals surface area contributed by atoms with Gasteiger partial charge in [-0.05, 0) is 13.8 Å². The molecule has 0 atom stereocenters. The minimum atomic E-state index is -0.378. The van der Waals surface area contributed by atoms with Crippen LogP contribution in [0.4, 0.5) is 0 Å². The van der Waals surface area contributed by atoms with Gasteiger partial charge in [0.25, 0.3) is 0 Å². The van der Waals surface area contributed by atoms with Gasteiger partial charge in [0.15, 0.2) is 0 Å². The van der Waals surface area contributed by atoms with Crippen molar-refractivity contribution >= 4 is 5.97 Å². The molecule has 10 heavy (non-hydrogen) atoms. The zero-order chi connectivity index (χ0) is 7.98. The highest BCUT2D eigenvalue weighted by Gasteiger charge is 1.98. The number of carbonyl (C=O) groups excluding carboxylic acids is 1. The van der Waals surface area contributed by atoms with E-state index >= 15 is 0 Å². The van der Waals surface area contributed by atoms with E-state index in [-0.39, 0.29) is 12.1 Å². The maximum Gasteiger partial charge on any atom is 0.334 e. The Kier molecular flexibility index (Phi) is 4.37. The quantitative estimate of drug-likeness (QED) is 0.338. The smallest absolute Gasteiger partial charge is 0.334 e. The summed E-state index contributed by atoms with van der Waals surface area (Å²) in [7, 11) is 1.47. The summed E-state index contributed by atoms with van der Waals surface area (Å²) in [5.74, 6) is -0.378. The van der Waals surface area contributed by atoms with Crippen molar-refractivity contribution in [3.05, 3.63) is 12.3 Å². The fourth-order valence-corrected chi connectivity index (χ4v) is 0.395. The monoisotopic (exact) mass is 144 g/mol. The van der Waals surface area contributed by atoms with Crippen molar-refractivity contribution in [3.63, 3.8) is 0 Å².